The molecule has 0 amide bonds. The molecule has 2 nitrogen and oxygen atoms in total. The highest BCUT2D eigenvalue weighted by Gasteiger charge is 2.34. The van der Waals surface area contributed by atoms with Gasteiger partial charge in [0.1, 0.15) is 0 Å². The van der Waals surface area contributed by atoms with Crippen molar-refractivity contribution in [3.8, 4) is 0 Å². The number of anilines is 2. The SMILES string of the molecule is Cc1cc(N)ccc1NCC1(CC(C)C)CCCC1. The van der Waals surface area contributed by atoms with Crippen LogP contribution in [-0.2, 0) is 0 Å². The maximum atomic E-state index is 5.81. The quantitative estimate of drug-likeness (QED) is 0.760. The van der Waals surface area contributed by atoms with Gasteiger partial charge in [0.15, 0.2) is 0 Å². The largest absolute Gasteiger partial charge is 0.399 e. The summed E-state index contributed by atoms with van der Waals surface area (Å²) in [6, 6.07) is 6.15. The Balaban J connectivity index is 2.02. The second kappa shape index (κ2) is 5.85. The third kappa shape index (κ3) is 3.65. The Morgan fingerprint density at radius 3 is 2.53 bits per heavy atom. The highest BCUT2D eigenvalue weighted by molar-refractivity contribution is 5.57. The van der Waals surface area contributed by atoms with Crippen LogP contribution in [0.15, 0.2) is 18.2 Å². The van der Waals surface area contributed by atoms with Crippen LogP contribution in [0.3, 0.4) is 0 Å². The van der Waals surface area contributed by atoms with Crippen LogP contribution in [0, 0.1) is 18.3 Å². The summed E-state index contributed by atoms with van der Waals surface area (Å²) in [4.78, 5) is 0. The van der Waals surface area contributed by atoms with E-state index in [9.17, 15) is 0 Å². The van der Waals surface area contributed by atoms with Crippen molar-refractivity contribution in [3.05, 3.63) is 23.8 Å². The molecule has 0 aliphatic heterocycles. The van der Waals surface area contributed by atoms with E-state index in [0.717, 1.165) is 18.2 Å². The van der Waals surface area contributed by atoms with Crippen LogP contribution < -0.4 is 11.1 Å². The van der Waals surface area contributed by atoms with Gasteiger partial charge < -0.3 is 11.1 Å². The van der Waals surface area contributed by atoms with E-state index in [4.69, 9.17) is 5.73 Å². The third-order valence-electron chi connectivity index (χ3n) is 4.41. The summed E-state index contributed by atoms with van der Waals surface area (Å²) in [5.74, 6) is 0.785. The Kier molecular flexibility index (Phi) is 4.38. The van der Waals surface area contributed by atoms with Crippen molar-refractivity contribution in [2.45, 2.75) is 52.9 Å². The van der Waals surface area contributed by atoms with E-state index >= 15 is 0 Å². The summed E-state index contributed by atoms with van der Waals surface area (Å²) in [5.41, 5.74) is 9.66. The van der Waals surface area contributed by atoms with E-state index in [-0.39, 0.29) is 0 Å². The zero-order valence-corrected chi connectivity index (χ0v) is 12.6. The standard InChI is InChI=1S/C17H28N2/c1-13(2)11-17(8-4-5-9-17)12-19-16-7-6-15(18)10-14(16)3/h6-7,10,13,19H,4-5,8-9,11-12,18H2,1-3H3. The van der Waals surface area contributed by atoms with Crippen molar-refractivity contribution in [1.29, 1.82) is 0 Å². The lowest BCUT2D eigenvalue weighted by atomic mass is 9.78. The summed E-state index contributed by atoms with van der Waals surface area (Å²) in [7, 11) is 0. The molecule has 0 spiro atoms. The molecule has 1 aliphatic carbocycles. The molecule has 3 N–H and O–H groups in total. The van der Waals surface area contributed by atoms with Gasteiger partial charge >= 0.3 is 0 Å². The highest BCUT2D eigenvalue weighted by atomic mass is 14.9. The summed E-state index contributed by atoms with van der Waals surface area (Å²) in [5, 5.41) is 3.67. The first-order valence-electron chi connectivity index (χ1n) is 7.61. The van der Waals surface area contributed by atoms with Crippen LogP contribution in [-0.4, -0.2) is 6.54 Å². The van der Waals surface area contributed by atoms with Crippen molar-refractivity contribution < 1.29 is 0 Å². The van der Waals surface area contributed by atoms with E-state index < -0.39 is 0 Å². The predicted molar refractivity (Wildman–Crippen MR) is 84.4 cm³/mol. The minimum atomic E-state index is 0.516. The summed E-state index contributed by atoms with van der Waals surface area (Å²) >= 11 is 0. The predicted octanol–water partition coefficient (Wildman–Crippen LogP) is 4.60. The Labute approximate surface area is 117 Å². The second-order valence-corrected chi connectivity index (χ2v) is 6.73. The van der Waals surface area contributed by atoms with E-state index in [1.807, 2.05) is 12.1 Å². The molecule has 2 rings (SSSR count). The van der Waals surface area contributed by atoms with Crippen molar-refractivity contribution in [2.24, 2.45) is 11.3 Å². The molecule has 0 radical (unpaired) electrons. The Hall–Kier alpha value is -1.18. The normalized spacial score (nSPS) is 17.9. The highest BCUT2D eigenvalue weighted by Crippen LogP contribution is 2.43. The van der Waals surface area contributed by atoms with E-state index in [0.29, 0.717) is 5.41 Å². The molecule has 0 heterocycles. The molecule has 1 aromatic rings. The van der Waals surface area contributed by atoms with Gasteiger partial charge in [-0.1, -0.05) is 26.7 Å². The monoisotopic (exact) mass is 260 g/mol. The Morgan fingerprint density at radius 2 is 1.95 bits per heavy atom. The molecule has 0 bridgehead atoms. The molecule has 0 saturated heterocycles. The van der Waals surface area contributed by atoms with Crippen molar-refractivity contribution in [1.82, 2.24) is 0 Å². The number of benzene rings is 1. The number of nitrogens with one attached hydrogen (secondary N) is 1. The van der Waals surface area contributed by atoms with Gasteiger partial charge in [-0.15, -0.1) is 0 Å². The van der Waals surface area contributed by atoms with Gasteiger partial charge in [0.25, 0.3) is 0 Å². The minimum Gasteiger partial charge on any atom is -0.399 e. The lowest BCUT2D eigenvalue weighted by Gasteiger charge is -2.32. The molecule has 2 heteroatoms. The number of nitrogen functional groups attached to an aromatic ring is 1. The molecule has 1 aromatic carbocycles. The maximum Gasteiger partial charge on any atom is 0.0371 e. The van der Waals surface area contributed by atoms with Crippen LogP contribution in [0.1, 0.15) is 51.5 Å². The lowest BCUT2D eigenvalue weighted by Crippen LogP contribution is -2.28. The molecule has 1 saturated carbocycles. The first-order valence-corrected chi connectivity index (χ1v) is 7.61. The molecule has 19 heavy (non-hydrogen) atoms. The molecule has 106 valence electrons. The number of rotatable bonds is 5. The minimum absolute atomic E-state index is 0.516. The zero-order valence-electron chi connectivity index (χ0n) is 12.6. The van der Waals surface area contributed by atoms with Gasteiger partial charge in [-0.2, -0.15) is 0 Å². The van der Waals surface area contributed by atoms with Crippen molar-refractivity contribution in [2.75, 3.05) is 17.6 Å². The second-order valence-electron chi connectivity index (χ2n) is 6.73. The number of hydrogen-bond acceptors (Lipinski definition) is 2. The molecule has 0 aromatic heterocycles. The fourth-order valence-corrected chi connectivity index (χ4v) is 3.61. The summed E-state index contributed by atoms with van der Waals surface area (Å²) < 4.78 is 0. The fourth-order valence-electron chi connectivity index (χ4n) is 3.61. The summed E-state index contributed by atoms with van der Waals surface area (Å²) in [6.07, 6.45) is 6.90. The molecule has 0 unspecified atom stereocenters. The number of nitrogens with two attached hydrogens (primary N) is 1. The van der Waals surface area contributed by atoms with Gasteiger partial charge in [0, 0.05) is 17.9 Å². The van der Waals surface area contributed by atoms with Gasteiger partial charge in [-0.3, -0.25) is 0 Å². The van der Waals surface area contributed by atoms with Gasteiger partial charge in [0.2, 0.25) is 0 Å². The first kappa shape index (κ1) is 14.2. The van der Waals surface area contributed by atoms with Crippen molar-refractivity contribution >= 4 is 11.4 Å². The molecule has 1 fully saturated rings. The smallest absolute Gasteiger partial charge is 0.0371 e. The average molecular weight is 260 g/mol. The van der Waals surface area contributed by atoms with Crippen LogP contribution in [0.25, 0.3) is 0 Å². The van der Waals surface area contributed by atoms with E-state index in [2.05, 4.69) is 32.2 Å². The molecular formula is C17H28N2. The maximum absolute atomic E-state index is 5.81. The van der Waals surface area contributed by atoms with Crippen LogP contribution in [0.2, 0.25) is 0 Å². The third-order valence-corrected chi connectivity index (χ3v) is 4.41. The van der Waals surface area contributed by atoms with Crippen LogP contribution >= 0.6 is 0 Å². The van der Waals surface area contributed by atoms with Gasteiger partial charge in [-0.05, 0) is 61.3 Å². The molecule has 0 atom stereocenters. The topological polar surface area (TPSA) is 38.0 Å². The van der Waals surface area contributed by atoms with Crippen LogP contribution in [0.5, 0.6) is 0 Å². The van der Waals surface area contributed by atoms with E-state index in [1.165, 1.54) is 43.4 Å². The number of aryl methyl sites for hydroxylation is 1. The van der Waals surface area contributed by atoms with Crippen LogP contribution in [0.4, 0.5) is 11.4 Å². The van der Waals surface area contributed by atoms with Gasteiger partial charge in [0.05, 0.1) is 0 Å². The summed E-state index contributed by atoms with van der Waals surface area (Å²) in [6.45, 7) is 7.92. The first-order chi connectivity index (χ1) is 9.01. The Morgan fingerprint density at radius 1 is 1.26 bits per heavy atom. The Bertz CT molecular complexity index is 417. The molecular weight excluding hydrogens is 232 g/mol. The number of hydrogen-bond donors (Lipinski definition) is 2. The lowest BCUT2D eigenvalue weighted by molar-refractivity contribution is 0.252. The average Bonchev–Trinajstić information content (AvgIpc) is 2.76. The van der Waals surface area contributed by atoms with Crippen molar-refractivity contribution in [3.63, 3.8) is 0 Å². The molecule has 1 aliphatic rings. The van der Waals surface area contributed by atoms with E-state index in [1.54, 1.807) is 0 Å². The fraction of sp³-hybridized carbons (Fsp3) is 0.647. The van der Waals surface area contributed by atoms with Gasteiger partial charge in [-0.25, -0.2) is 0 Å². The zero-order chi connectivity index (χ0) is 13.9.